The van der Waals surface area contributed by atoms with E-state index >= 15 is 0 Å². The van der Waals surface area contributed by atoms with E-state index in [1.54, 1.807) is 48.3 Å². The third kappa shape index (κ3) is 4.77. The van der Waals surface area contributed by atoms with Crippen LogP contribution < -0.4 is 0 Å². The van der Waals surface area contributed by atoms with Gasteiger partial charge in [-0.25, -0.2) is 18.9 Å². The number of amides is 1. The zero-order valence-corrected chi connectivity index (χ0v) is 18.5. The molecule has 0 aliphatic carbocycles. The van der Waals surface area contributed by atoms with Crippen LogP contribution in [-0.4, -0.2) is 45.2 Å². The zero-order chi connectivity index (χ0) is 23.5. The molecule has 8 nitrogen and oxygen atoms in total. The van der Waals surface area contributed by atoms with Crippen LogP contribution in [0.5, 0.6) is 0 Å². The van der Waals surface area contributed by atoms with Crippen LogP contribution in [0.25, 0.3) is 22.5 Å². The van der Waals surface area contributed by atoms with E-state index in [0.717, 1.165) is 0 Å². The monoisotopic (exact) mass is 450 g/mol. The molecule has 1 amide bonds. The van der Waals surface area contributed by atoms with E-state index in [9.17, 15) is 14.0 Å². The van der Waals surface area contributed by atoms with Crippen molar-refractivity contribution in [3.8, 4) is 11.5 Å². The van der Waals surface area contributed by atoms with E-state index < -0.39 is 18.5 Å². The molecule has 0 saturated carbocycles. The topological polar surface area (TPSA) is 90.5 Å². The lowest BCUT2D eigenvalue weighted by Crippen LogP contribution is -2.30. The number of pyridine rings is 1. The molecular weight excluding hydrogens is 427 g/mol. The Labute approximate surface area is 189 Å². The summed E-state index contributed by atoms with van der Waals surface area (Å²) in [7, 11) is 1.56. The number of fused-ring (bicyclic) bond motifs is 1. The van der Waals surface area contributed by atoms with Gasteiger partial charge in [0.15, 0.2) is 18.0 Å². The molecule has 3 heterocycles. The van der Waals surface area contributed by atoms with Crippen molar-refractivity contribution in [3.05, 3.63) is 71.9 Å². The van der Waals surface area contributed by atoms with Crippen molar-refractivity contribution in [2.45, 2.75) is 26.4 Å². The molecular formula is C24H23FN4O4. The molecule has 1 aromatic carbocycles. The molecule has 0 radical (unpaired) electrons. The van der Waals surface area contributed by atoms with Crippen LogP contribution in [0.3, 0.4) is 0 Å². The van der Waals surface area contributed by atoms with Crippen LogP contribution in [0.15, 0.2) is 59.3 Å². The minimum atomic E-state index is -0.675. The molecule has 9 heteroatoms. The molecule has 4 aromatic rings. The quantitative estimate of drug-likeness (QED) is 0.392. The number of hydrogen-bond acceptors (Lipinski definition) is 6. The third-order valence-corrected chi connectivity index (χ3v) is 5.11. The van der Waals surface area contributed by atoms with Gasteiger partial charge in [-0.15, -0.1) is 0 Å². The van der Waals surface area contributed by atoms with Gasteiger partial charge in [-0.05, 0) is 49.7 Å². The van der Waals surface area contributed by atoms with Gasteiger partial charge in [-0.2, -0.15) is 5.10 Å². The number of esters is 1. The Morgan fingerprint density at radius 1 is 1.21 bits per heavy atom. The molecule has 170 valence electrons. The molecule has 0 aliphatic rings. The minimum Gasteiger partial charge on any atom is -0.463 e. The maximum atomic E-state index is 13.4. The number of halogens is 1. The van der Waals surface area contributed by atoms with Gasteiger partial charge in [0.25, 0.3) is 5.91 Å². The van der Waals surface area contributed by atoms with Crippen LogP contribution in [-0.2, 0) is 16.1 Å². The number of hydrogen-bond donors (Lipinski definition) is 0. The van der Waals surface area contributed by atoms with Gasteiger partial charge in [0.2, 0.25) is 0 Å². The second-order valence-electron chi connectivity index (χ2n) is 7.91. The Bertz CT molecular complexity index is 1300. The van der Waals surface area contributed by atoms with Crippen molar-refractivity contribution in [2.24, 2.45) is 0 Å². The normalized spacial score (nSPS) is 11.2. The van der Waals surface area contributed by atoms with Crippen molar-refractivity contribution in [3.63, 3.8) is 0 Å². The molecule has 0 aliphatic heterocycles. The van der Waals surface area contributed by atoms with Crippen molar-refractivity contribution in [1.82, 2.24) is 19.7 Å². The van der Waals surface area contributed by atoms with E-state index in [-0.39, 0.29) is 24.0 Å². The van der Waals surface area contributed by atoms with E-state index in [1.807, 2.05) is 13.8 Å². The molecule has 0 saturated heterocycles. The van der Waals surface area contributed by atoms with Crippen LogP contribution in [0.2, 0.25) is 0 Å². The fourth-order valence-corrected chi connectivity index (χ4v) is 3.43. The molecule has 0 fully saturated rings. The lowest BCUT2D eigenvalue weighted by molar-refractivity contribution is -0.133. The summed E-state index contributed by atoms with van der Waals surface area (Å²) in [6.45, 7) is 3.65. The molecule has 0 N–H and O–H groups in total. The van der Waals surface area contributed by atoms with Gasteiger partial charge in [-0.3, -0.25) is 4.79 Å². The summed E-state index contributed by atoms with van der Waals surface area (Å²) in [5.41, 5.74) is 1.84. The van der Waals surface area contributed by atoms with E-state index in [4.69, 9.17) is 9.15 Å². The summed E-state index contributed by atoms with van der Waals surface area (Å²) >= 11 is 0. The predicted molar refractivity (Wildman–Crippen MR) is 119 cm³/mol. The zero-order valence-electron chi connectivity index (χ0n) is 18.5. The molecule has 0 spiro atoms. The molecule has 4 rings (SSSR count). The summed E-state index contributed by atoms with van der Waals surface area (Å²) in [5.74, 6) is -0.975. The van der Waals surface area contributed by atoms with Gasteiger partial charge in [0.05, 0.1) is 23.4 Å². The minimum absolute atomic E-state index is 0.0174. The van der Waals surface area contributed by atoms with Crippen LogP contribution in [0.4, 0.5) is 4.39 Å². The first-order valence-electron chi connectivity index (χ1n) is 10.4. The summed E-state index contributed by atoms with van der Waals surface area (Å²) in [6, 6.07) is 11.0. The summed E-state index contributed by atoms with van der Waals surface area (Å²) < 4.78 is 25.9. The van der Waals surface area contributed by atoms with Crippen LogP contribution >= 0.6 is 0 Å². The number of rotatable bonds is 7. The number of ether oxygens (including phenoxy) is 1. The van der Waals surface area contributed by atoms with E-state index in [1.165, 1.54) is 23.3 Å². The number of carbonyl (C=O) groups is 2. The SMILES string of the molecule is CC(C)n1ncc2c(C(=O)OCC(=O)N(C)Cc3cccc(F)c3)cc(-c3ccco3)nc21. The Hall–Kier alpha value is -4.01. The van der Waals surface area contributed by atoms with Crippen LogP contribution in [0.1, 0.15) is 35.8 Å². The molecule has 33 heavy (non-hydrogen) atoms. The number of likely N-dealkylation sites (N-methyl/N-ethyl adjacent to an activating group) is 1. The molecule has 0 bridgehead atoms. The highest BCUT2D eigenvalue weighted by atomic mass is 19.1. The first-order chi connectivity index (χ1) is 15.8. The maximum absolute atomic E-state index is 13.4. The first-order valence-corrected chi connectivity index (χ1v) is 10.4. The van der Waals surface area contributed by atoms with E-state index in [2.05, 4.69) is 10.1 Å². The second-order valence-corrected chi connectivity index (χ2v) is 7.91. The Balaban J connectivity index is 1.54. The van der Waals surface area contributed by atoms with Gasteiger partial charge in [0.1, 0.15) is 11.5 Å². The fourth-order valence-electron chi connectivity index (χ4n) is 3.43. The van der Waals surface area contributed by atoms with Crippen molar-refractivity contribution >= 4 is 22.9 Å². The van der Waals surface area contributed by atoms with Gasteiger partial charge in [-0.1, -0.05) is 12.1 Å². The molecule has 3 aromatic heterocycles. The number of furan rings is 1. The van der Waals surface area contributed by atoms with E-state index in [0.29, 0.717) is 28.1 Å². The standard InChI is InChI=1S/C24H23FN4O4/c1-15(2)29-23-19(12-26-29)18(11-20(27-23)21-8-5-9-32-21)24(31)33-14-22(30)28(3)13-16-6-4-7-17(25)10-16/h4-12,15H,13-14H2,1-3H3. The largest absolute Gasteiger partial charge is 0.463 e. The van der Waals surface area contributed by atoms with Crippen molar-refractivity contribution in [1.29, 1.82) is 0 Å². The highest BCUT2D eigenvalue weighted by molar-refractivity contribution is 6.04. The van der Waals surface area contributed by atoms with Crippen molar-refractivity contribution < 1.29 is 23.1 Å². The highest BCUT2D eigenvalue weighted by Crippen LogP contribution is 2.27. The second kappa shape index (κ2) is 9.23. The average Bonchev–Trinajstić information content (AvgIpc) is 3.46. The van der Waals surface area contributed by atoms with Gasteiger partial charge < -0.3 is 14.1 Å². The molecule has 0 unspecified atom stereocenters. The smallest absolute Gasteiger partial charge is 0.339 e. The summed E-state index contributed by atoms with van der Waals surface area (Å²) in [4.78, 5) is 31.4. The third-order valence-electron chi connectivity index (χ3n) is 5.11. The highest BCUT2D eigenvalue weighted by Gasteiger charge is 2.21. The Morgan fingerprint density at radius 3 is 2.73 bits per heavy atom. The Morgan fingerprint density at radius 2 is 2.03 bits per heavy atom. The molecule has 0 atom stereocenters. The summed E-state index contributed by atoms with van der Waals surface area (Å²) in [5, 5.41) is 4.87. The first kappa shape index (κ1) is 22.2. The maximum Gasteiger partial charge on any atom is 0.339 e. The lowest BCUT2D eigenvalue weighted by Gasteiger charge is -2.17. The number of nitrogens with zero attached hydrogens (tertiary/aromatic N) is 4. The lowest BCUT2D eigenvalue weighted by atomic mass is 10.1. The predicted octanol–water partition coefficient (Wildman–Crippen LogP) is 4.23. The van der Waals surface area contributed by atoms with Crippen LogP contribution in [0, 0.1) is 5.82 Å². The fraction of sp³-hybridized carbons (Fsp3) is 0.250. The van der Waals surface area contributed by atoms with Gasteiger partial charge in [0, 0.05) is 19.6 Å². The summed E-state index contributed by atoms with van der Waals surface area (Å²) in [6.07, 6.45) is 3.08. The Kier molecular flexibility index (Phi) is 6.21. The number of benzene rings is 1. The van der Waals surface area contributed by atoms with Gasteiger partial charge >= 0.3 is 5.97 Å². The number of aromatic nitrogens is 3. The van der Waals surface area contributed by atoms with Crippen molar-refractivity contribution in [2.75, 3.05) is 13.7 Å². The number of carbonyl (C=O) groups excluding carboxylic acids is 2. The average molecular weight is 450 g/mol.